The summed E-state index contributed by atoms with van der Waals surface area (Å²) in [6, 6.07) is 0.0372. The Morgan fingerprint density at radius 2 is 1.76 bits per heavy atom. The molecule has 1 aliphatic carbocycles. The van der Waals surface area contributed by atoms with Crippen LogP contribution in [0.5, 0.6) is 0 Å². The molecule has 21 heavy (non-hydrogen) atoms. The Kier molecular flexibility index (Phi) is 4.78. The van der Waals surface area contributed by atoms with E-state index in [2.05, 4.69) is 5.32 Å². The van der Waals surface area contributed by atoms with E-state index in [1.807, 2.05) is 0 Å². The molecule has 0 spiro atoms. The Bertz CT molecular complexity index is 387. The molecule has 0 aromatic rings. The molecule has 0 aromatic carbocycles. The van der Waals surface area contributed by atoms with E-state index in [9.17, 15) is 9.59 Å². The van der Waals surface area contributed by atoms with Crippen molar-refractivity contribution in [2.24, 2.45) is 0 Å². The van der Waals surface area contributed by atoms with E-state index in [1.54, 1.807) is 4.90 Å². The highest BCUT2D eigenvalue weighted by Gasteiger charge is 2.38. The van der Waals surface area contributed by atoms with Crippen molar-refractivity contribution in [1.82, 2.24) is 10.2 Å². The topological polar surface area (TPSA) is 58.6 Å². The van der Waals surface area contributed by atoms with E-state index in [0.29, 0.717) is 19.2 Å². The van der Waals surface area contributed by atoms with Crippen molar-refractivity contribution in [3.63, 3.8) is 0 Å². The number of hydrogen-bond donors (Lipinski definition) is 1. The summed E-state index contributed by atoms with van der Waals surface area (Å²) in [5.74, 6) is 0.0690. The first-order chi connectivity index (χ1) is 10.3. The highest BCUT2D eigenvalue weighted by Crippen LogP contribution is 2.24. The average Bonchev–Trinajstić information content (AvgIpc) is 3.19. The van der Waals surface area contributed by atoms with E-state index in [0.717, 1.165) is 38.5 Å². The van der Waals surface area contributed by atoms with Crippen molar-refractivity contribution >= 4 is 11.8 Å². The molecule has 1 N–H and O–H groups in total. The Morgan fingerprint density at radius 3 is 2.48 bits per heavy atom. The van der Waals surface area contributed by atoms with Gasteiger partial charge in [-0.15, -0.1) is 0 Å². The van der Waals surface area contributed by atoms with Gasteiger partial charge in [-0.25, -0.2) is 0 Å². The second kappa shape index (κ2) is 6.77. The smallest absolute Gasteiger partial charge is 0.252 e. The van der Waals surface area contributed by atoms with Crippen LogP contribution in [0.1, 0.15) is 57.8 Å². The molecule has 1 saturated carbocycles. The number of carbonyl (C=O) groups is 2. The summed E-state index contributed by atoms with van der Waals surface area (Å²) in [6.45, 7) is 1.37. The third kappa shape index (κ3) is 3.39. The number of nitrogens with zero attached hydrogens (tertiary/aromatic N) is 1. The van der Waals surface area contributed by atoms with Crippen LogP contribution in [0.2, 0.25) is 0 Å². The fourth-order valence-electron chi connectivity index (χ4n) is 3.80. The van der Waals surface area contributed by atoms with Gasteiger partial charge < -0.3 is 15.0 Å². The van der Waals surface area contributed by atoms with Gasteiger partial charge in [-0.05, 0) is 38.5 Å². The van der Waals surface area contributed by atoms with Gasteiger partial charge in [0.25, 0.3) is 5.91 Å². The van der Waals surface area contributed by atoms with Gasteiger partial charge in [-0.3, -0.25) is 9.59 Å². The lowest BCUT2D eigenvalue weighted by atomic mass is 9.95. The molecule has 3 fully saturated rings. The van der Waals surface area contributed by atoms with Gasteiger partial charge in [0.2, 0.25) is 5.91 Å². The van der Waals surface area contributed by atoms with Crippen LogP contribution in [0, 0.1) is 0 Å². The standard InChI is InChI=1S/C16H26N2O3/c19-15(17-12-6-2-1-3-7-12)13-8-4-10-18(13)16(20)14-9-5-11-21-14/h12-14H,1-11H2,(H,17,19)/t13-,14?/m0/s1. The molecule has 5 nitrogen and oxygen atoms in total. The lowest BCUT2D eigenvalue weighted by Gasteiger charge is -2.29. The van der Waals surface area contributed by atoms with Gasteiger partial charge in [0, 0.05) is 19.2 Å². The molecule has 2 aliphatic heterocycles. The molecule has 0 aromatic heterocycles. The van der Waals surface area contributed by atoms with Crippen LogP contribution >= 0.6 is 0 Å². The fourth-order valence-corrected chi connectivity index (χ4v) is 3.80. The zero-order valence-electron chi connectivity index (χ0n) is 12.7. The number of nitrogens with one attached hydrogen (secondary N) is 1. The molecule has 2 heterocycles. The van der Waals surface area contributed by atoms with Gasteiger partial charge in [0.05, 0.1) is 0 Å². The molecule has 118 valence electrons. The molecule has 5 heteroatoms. The van der Waals surface area contributed by atoms with Crippen molar-refractivity contribution < 1.29 is 14.3 Å². The van der Waals surface area contributed by atoms with E-state index >= 15 is 0 Å². The second-order valence-electron chi connectivity index (χ2n) is 6.53. The van der Waals surface area contributed by atoms with E-state index in [-0.39, 0.29) is 24.0 Å². The third-order valence-corrected chi connectivity index (χ3v) is 5.00. The largest absolute Gasteiger partial charge is 0.368 e. The maximum Gasteiger partial charge on any atom is 0.252 e. The first-order valence-electron chi connectivity index (χ1n) is 8.48. The van der Waals surface area contributed by atoms with Crippen molar-refractivity contribution in [2.75, 3.05) is 13.2 Å². The van der Waals surface area contributed by atoms with Crippen LogP contribution in [0.4, 0.5) is 0 Å². The average molecular weight is 294 g/mol. The monoisotopic (exact) mass is 294 g/mol. The van der Waals surface area contributed by atoms with Crippen molar-refractivity contribution in [2.45, 2.75) is 76.0 Å². The zero-order valence-corrected chi connectivity index (χ0v) is 12.7. The van der Waals surface area contributed by atoms with Gasteiger partial charge in [-0.1, -0.05) is 19.3 Å². The Hall–Kier alpha value is -1.10. The highest BCUT2D eigenvalue weighted by atomic mass is 16.5. The maximum absolute atomic E-state index is 12.5. The molecule has 0 radical (unpaired) electrons. The van der Waals surface area contributed by atoms with E-state index < -0.39 is 0 Å². The lowest BCUT2D eigenvalue weighted by Crippen LogP contribution is -2.51. The lowest BCUT2D eigenvalue weighted by molar-refractivity contribution is -0.146. The number of carbonyl (C=O) groups excluding carboxylic acids is 2. The second-order valence-corrected chi connectivity index (χ2v) is 6.53. The number of ether oxygens (including phenoxy) is 1. The Labute approximate surface area is 126 Å². The number of rotatable bonds is 3. The first kappa shape index (κ1) is 14.8. The van der Waals surface area contributed by atoms with Crippen molar-refractivity contribution in [3.8, 4) is 0 Å². The fraction of sp³-hybridized carbons (Fsp3) is 0.875. The molecule has 2 amide bonds. The summed E-state index contributed by atoms with van der Waals surface area (Å²) < 4.78 is 5.48. The summed E-state index contributed by atoms with van der Waals surface area (Å²) in [5.41, 5.74) is 0. The molecule has 1 unspecified atom stereocenters. The summed E-state index contributed by atoms with van der Waals surface area (Å²) in [7, 11) is 0. The number of amides is 2. The molecule has 3 rings (SSSR count). The minimum absolute atomic E-state index is 0.0220. The van der Waals surface area contributed by atoms with Crippen LogP contribution < -0.4 is 5.32 Å². The van der Waals surface area contributed by atoms with Gasteiger partial charge >= 0.3 is 0 Å². The first-order valence-corrected chi connectivity index (χ1v) is 8.48. The minimum atomic E-state index is -0.312. The van der Waals surface area contributed by atoms with Crippen molar-refractivity contribution in [3.05, 3.63) is 0 Å². The quantitative estimate of drug-likeness (QED) is 0.860. The maximum atomic E-state index is 12.5. The van der Waals surface area contributed by atoms with Crippen LogP contribution in [-0.2, 0) is 14.3 Å². The summed E-state index contributed by atoms with van der Waals surface area (Å²) in [5, 5.41) is 3.16. The van der Waals surface area contributed by atoms with Gasteiger partial charge in [0.1, 0.15) is 12.1 Å². The van der Waals surface area contributed by atoms with Gasteiger partial charge in [0.15, 0.2) is 0 Å². The normalized spacial score (nSPS) is 30.6. The molecule has 2 saturated heterocycles. The van der Waals surface area contributed by atoms with Crippen molar-refractivity contribution in [1.29, 1.82) is 0 Å². The summed E-state index contributed by atoms with van der Waals surface area (Å²) in [4.78, 5) is 26.7. The molecule has 3 aliphatic rings. The highest BCUT2D eigenvalue weighted by molar-refractivity contribution is 5.90. The number of likely N-dealkylation sites (tertiary alicyclic amines) is 1. The Balaban J connectivity index is 1.57. The molecule has 0 bridgehead atoms. The molecule has 2 atom stereocenters. The van der Waals surface area contributed by atoms with Crippen LogP contribution in [0.25, 0.3) is 0 Å². The van der Waals surface area contributed by atoms with Crippen LogP contribution in [0.15, 0.2) is 0 Å². The van der Waals surface area contributed by atoms with E-state index in [4.69, 9.17) is 4.74 Å². The predicted molar refractivity (Wildman–Crippen MR) is 78.7 cm³/mol. The zero-order chi connectivity index (χ0) is 14.7. The summed E-state index contributed by atoms with van der Waals surface area (Å²) in [6.07, 6.45) is 8.99. The number of hydrogen-bond acceptors (Lipinski definition) is 3. The van der Waals surface area contributed by atoms with Gasteiger partial charge in [-0.2, -0.15) is 0 Å². The van der Waals surface area contributed by atoms with E-state index in [1.165, 1.54) is 19.3 Å². The SMILES string of the molecule is O=C(NC1CCCCC1)[C@@H]1CCCN1C(=O)C1CCCO1. The molecular formula is C16H26N2O3. The Morgan fingerprint density at radius 1 is 0.952 bits per heavy atom. The van der Waals surface area contributed by atoms with Crippen LogP contribution in [-0.4, -0.2) is 48.1 Å². The summed E-state index contributed by atoms with van der Waals surface area (Å²) >= 11 is 0. The minimum Gasteiger partial charge on any atom is -0.368 e. The van der Waals surface area contributed by atoms with Crippen LogP contribution in [0.3, 0.4) is 0 Å². The predicted octanol–water partition coefficient (Wildman–Crippen LogP) is 1.61. The molecular weight excluding hydrogens is 268 g/mol. The third-order valence-electron chi connectivity index (χ3n) is 5.00.